The third-order valence-corrected chi connectivity index (χ3v) is 4.62. The van der Waals surface area contributed by atoms with Gasteiger partial charge in [0.25, 0.3) is 0 Å². The van der Waals surface area contributed by atoms with Gasteiger partial charge in [0.2, 0.25) is 5.91 Å². The monoisotopic (exact) mass is 369 g/mol. The van der Waals surface area contributed by atoms with Crippen molar-refractivity contribution < 1.29 is 22.7 Å². The van der Waals surface area contributed by atoms with Crippen molar-refractivity contribution in [3.05, 3.63) is 52.5 Å². The number of anilines is 1. The van der Waals surface area contributed by atoms with Crippen molar-refractivity contribution in [2.75, 3.05) is 11.9 Å². The van der Waals surface area contributed by atoms with Crippen LogP contribution in [-0.4, -0.2) is 13.0 Å². The Morgan fingerprint density at radius 1 is 1.12 bits per heavy atom. The molecule has 132 valence electrons. The molecule has 1 aliphatic rings. The van der Waals surface area contributed by atoms with Gasteiger partial charge in [-0.1, -0.05) is 11.6 Å². The summed E-state index contributed by atoms with van der Waals surface area (Å²) >= 11 is 5.92. The normalized spacial score (nSPS) is 16.1. The third-order valence-electron chi connectivity index (χ3n) is 4.33. The quantitative estimate of drug-likeness (QED) is 0.708. The summed E-state index contributed by atoms with van der Waals surface area (Å²) in [7, 11) is 1.70. The fraction of sp³-hybridized carbons (Fsp3) is 0.278. The summed E-state index contributed by atoms with van der Waals surface area (Å²) in [5.41, 5.74) is 0.0291. The largest absolute Gasteiger partial charge is 0.456 e. The number of nitrogens with zero attached hydrogens (tertiary/aromatic N) is 1. The van der Waals surface area contributed by atoms with Crippen LogP contribution in [0.2, 0.25) is 5.02 Å². The van der Waals surface area contributed by atoms with Crippen LogP contribution >= 0.6 is 11.6 Å². The summed E-state index contributed by atoms with van der Waals surface area (Å²) in [4.78, 5) is 13.9. The highest BCUT2D eigenvalue weighted by molar-refractivity contribution is 6.32. The zero-order valence-electron chi connectivity index (χ0n) is 13.7. The van der Waals surface area contributed by atoms with Gasteiger partial charge >= 0.3 is 6.18 Å². The topological polar surface area (TPSA) is 29.5 Å². The minimum Gasteiger partial charge on any atom is -0.456 e. The molecule has 25 heavy (non-hydrogen) atoms. The zero-order valence-corrected chi connectivity index (χ0v) is 14.5. The van der Waals surface area contributed by atoms with E-state index in [-0.39, 0.29) is 16.7 Å². The fourth-order valence-corrected chi connectivity index (χ4v) is 3.12. The highest BCUT2D eigenvalue weighted by Crippen LogP contribution is 2.43. The first kappa shape index (κ1) is 17.6. The summed E-state index contributed by atoms with van der Waals surface area (Å²) in [5.74, 6) is 0.480. The second kappa shape index (κ2) is 5.66. The molecule has 0 saturated heterocycles. The molecule has 0 unspecified atom stereocenters. The first-order valence-electron chi connectivity index (χ1n) is 7.49. The number of hydrogen-bond donors (Lipinski definition) is 0. The molecule has 1 heterocycles. The lowest BCUT2D eigenvalue weighted by Crippen LogP contribution is -2.33. The summed E-state index contributed by atoms with van der Waals surface area (Å²) < 4.78 is 43.7. The van der Waals surface area contributed by atoms with Gasteiger partial charge in [-0.05, 0) is 55.8 Å². The number of amides is 1. The lowest BCUT2D eigenvalue weighted by molar-refractivity contribution is -0.137. The predicted octanol–water partition coefficient (Wildman–Crippen LogP) is 5.41. The number of likely N-dealkylation sites (N-methyl/N-ethyl adjacent to an activating group) is 1. The molecule has 2 aromatic carbocycles. The number of fused-ring (bicyclic) bond motifs is 1. The lowest BCUT2D eigenvalue weighted by Gasteiger charge is -2.17. The number of alkyl halides is 3. The highest BCUT2D eigenvalue weighted by atomic mass is 35.5. The van der Waals surface area contributed by atoms with Gasteiger partial charge in [0.1, 0.15) is 11.5 Å². The molecule has 1 amide bonds. The van der Waals surface area contributed by atoms with Crippen LogP contribution in [0.3, 0.4) is 0 Å². The van der Waals surface area contributed by atoms with E-state index in [1.54, 1.807) is 30.1 Å². The first-order chi connectivity index (χ1) is 11.5. The van der Waals surface area contributed by atoms with Crippen LogP contribution < -0.4 is 9.64 Å². The molecule has 0 spiro atoms. The number of benzene rings is 2. The van der Waals surface area contributed by atoms with E-state index in [4.69, 9.17) is 16.3 Å². The predicted molar refractivity (Wildman–Crippen MR) is 89.4 cm³/mol. The van der Waals surface area contributed by atoms with E-state index in [2.05, 4.69) is 0 Å². The summed E-state index contributed by atoms with van der Waals surface area (Å²) in [6, 6.07) is 8.03. The number of hydrogen-bond acceptors (Lipinski definition) is 2. The van der Waals surface area contributed by atoms with Crippen LogP contribution in [0.25, 0.3) is 0 Å². The van der Waals surface area contributed by atoms with Crippen molar-refractivity contribution in [1.82, 2.24) is 0 Å². The van der Waals surface area contributed by atoms with Crippen molar-refractivity contribution in [3.8, 4) is 11.5 Å². The van der Waals surface area contributed by atoms with E-state index in [0.717, 1.165) is 23.4 Å². The van der Waals surface area contributed by atoms with Gasteiger partial charge in [0.05, 0.1) is 16.0 Å². The molecule has 3 rings (SSSR count). The Bertz CT molecular complexity index is 862. The van der Waals surface area contributed by atoms with E-state index in [0.29, 0.717) is 5.75 Å². The Morgan fingerprint density at radius 2 is 1.80 bits per heavy atom. The minimum absolute atomic E-state index is 0.0350. The fourth-order valence-electron chi connectivity index (χ4n) is 2.90. The lowest BCUT2D eigenvalue weighted by atomic mass is 9.86. The number of ether oxygens (including phenoxy) is 1. The van der Waals surface area contributed by atoms with Gasteiger partial charge in [0, 0.05) is 12.7 Å². The Labute approximate surface area is 148 Å². The van der Waals surface area contributed by atoms with Crippen molar-refractivity contribution in [1.29, 1.82) is 0 Å². The van der Waals surface area contributed by atoms with Crippen LogP contribution in [0.5, 0.6) is 11.5 Å². The molecule has 0 aliphatic carbocycles. The van der Waals surface area contributed by atoms with Gasteiger partial charge in [0.15, 0.2) is 0 Å². The maximum atomic E-state index is 12.7. The molecule has 1 aliphatic heterocycles. The van der Waals surface area contributed by atoms with Gasteiger partial charge in [-0.2, -0.15) is 13.2 Å². The standard InChI is InChI=1S/C18H15ClF3NO2/c1-17(2)12-9-11(5-6-14(12)23(3)16(17)24)25-15-7-4-10(8-13(15)19)18(20,21)22/h4-9H,1-3H3. The van der Waals surface area contributed by atoms with E-state index >= 15 is 0 Å². The van der Waals surface area contributed by atoms with Crippen LogP contribution in [0.15, 0.2) is 36.4 Å². The molecule has 0 N–H and O–H groups in total. The van der Waals surface area contributed by atoms with Gasteiger partial charge < -0.3 is 9.64 Å². The van der Waals surface area contributed by atoms with Crippen LogP contribution in [0, 0.1) is 0 Å². The van der Waals surface area contributed by atoms with Gasteiger partial charge in [-0.3, -0.25) is 4.79 Å². The number of rotatable bonds is 2. The highest BCUT2D eigenvalue weighted by Gasteiger charge is 2.42. The van der Waals surface area contributed by atoms with Crippen molar-refractivity contribution in [2.24, 2.45) is 0 Å². The van der Waals surface area contributed by atoms with Crippen molar-refractivity contribution >= 4 is 23.2 Å². The SMILES string of the molecule is CN1C(=O)C(C)(C)c2cc(Oc3ccc(C(F)(F)F)cc3Cl)ccc21. The molecule has 0 saturated carbocycles. The number of halogens is 4. The maximum absolute atomic E-state index is 12.7. The average molecular weight is 370 g/mol. The van der Waals surface area contributed by atoms with Gasteiger partial charge in [-0.15, -0.1) is 0 Å². The summed E-state index contributed by atoms with van der Waals surface area (Å²) in [6.07, 6.45) is -4.47. The summed E-state index contributed by atoms with van der Waals surface area (Å²) in [6.45, 7) is 3.62. The summed E-state index contributed by atoms with van der Waals surface area (Å²) in [5, 5.41) is -0.136. The van der Waals surface area contributed by atoms with Crippen LogP contribution in [0.1, 0.15) is 25.0 Å². The van der Waals surface area contributed by atoms with Crippen molar-refractivity contribution in [2.45, 2.75) is 25.4 Å². The molecule has 0 atom stereocenters. The minimum atomic E-state index is -4.47. The second-order valence-corrected chi connectivity index (χ2v) is 6.82. The Kier molecular flexibility index (Phi) is 3.99. The Morgan fingerprint density at radius 3 is 2.40 bits per heavy atom. The third kappa shape index (κ3) is 2.95. The van der Waals surface area contributed by atoms with E-state index < -0.39 is 17.2 Å². The Hall–Kier alpha value is -2.21. The number of carbonyl (C=O) groups excluding carboxylic acids is 1. The molecule has 2 aromatic rings. The molecular weight excluding hydrogens is 355 g/mol. The van der Waals surface area contributed by atoms with Crippen LogP contribution in [-0.2, 0) is 16.4 Å². The smallest absolute Gasteiger partial charge is 0.416 e. The van der Waals surface area contributed by atoms with Gasteiger partial charge in [-0.25, -0.2) is 0 Å². The zero-order chi connectivity index (χ0) is 18.6. The molecular formula is C18H15ClF3NO2. The average Bonchev–Trinajstić information content (AvgIpc) is 2.69. The molecule has 0 fully saturated rings. The number of carbonyl (C=O) groups is 1. The van der Waals surface area contributed by atoms with Crippen molar-refractivity contribution in [3.63, 3.8) is 0 Å². The molecule has 0 radical (unpaired) electrons. The molecule has 3 nitrogen and oxygen atoms in total. The van der Waals surface area contributed by atoms with E-state index in [9.17, 15) is 18.0 Å². The first-order valence-corrected chi connectivity index (χ1v) is 7.87. The van der Waals surface area contributed by atoms with E-state index in [1.165, 1.54) is 6.07 Å². The maximum Gasteiger partial charge on any atom is 0.416 e. The molecule has 0 aromatic heterocycles. The molecule has 0 bridgehead atoms. The molecule has 7 heteroatoms. The Balaban J connectivity index is 1.94. The second-order valence-electron chi connectivity index (χ2n) is 6.41. The van der Waals surface area contributed by atoms with Crippen LogP contribution in [0.4, 0.5) is 18.9 Å². The van der Waals surface area contributed by atoms with E-state index in [1.807, 2.05) is 13.8 Å².